The highest BCUT2D eigenvalue weighted by Crippen LogP contribution is 2.83. The molecule has 4 saturated carbocycles. The Labute approximate surface area is 154 Å². The first-order valence-corrected chi connectivity index (χ1v) is 10.0. The van der Waals surface area contributed by atoms with E-state index >= 15 is 0 Å². The molecule has 5 rings (SSSR count). The second-order valence-corrected chi connectivity index (χ2v) is 10.8. The quantitative estimate of drug-likeness (QED) is 0.482. The van der Waals surface area contributed by atoms with E-state index in [1.807, 2.05) is 20.8 Å². The van der Waals surface area contributed by atoms with E-state index in [1.54, 1.807) is 6.92 Å². The molecule has 1 heterocycles. The summed E-state index contributed by atoms with van der Waals surface area (Å²) in [6, 6.07) is 0. The summed E-state index contributed by atoms with van der Waals surface area (Å²) in [7, 11) is 0. The van der Waals surface area contributed by atoms with E-state index in [9.17, 15) is 25.5 Å². The maximum absolute atomic E-state index is 12.1. The van der Waals surface area contributed by atoms with Gasteiger partial charge in [-0.25, -0.2) is 0 Å². The number of ether oxygens (including phenoxy) is 1. The first-order valence-electron chi connectivity index (χ1n) is 10.0. The fourth-order valence-electron chi connectivity index (χ4n) is 8.63. The standard InChI is InChI=1S/C20H32O6/c1-10(8-21)11-7-12-15(2)9-19(24)17(11,4)20(12,25)14(26-19)13-16(3,22)5-6-18(13,15)23/h10-14,21-25H,5-9H2,1-4H3/t10?,11-,12-,13+,14+,15+,16-,17+,18+,19?,20+/m0/s1. The van der Waals surface area contributed by atoms with Crippen LogP contribution in [0, 0.1) is 34.5 Å². The zero-order valence-electron chi connectivity index (χ0n) is 16.1. The molecule has 4 aliphatic carbocycles. The van der Waals surface area contributed by atoms with Crippen molar-refractivity contribution in [1.29, 1.82) is 0 Å². The number of aliphatic hydroxyl groups excluding tert-OH is 1. The highest BCUT2D eigenvalue weighted by molar-refractivity contribution is 5.38. The van der Waals surface area contributed by atoms with Crippen molar-refractivity contribution in [2.24, 2.45) is 34.5 Å². The van der Waals surface area contributed by atoms with E-state index in [1.165, 1.54) is 0 Å². The van der Waals surface area contributed by atoms with Crippen LogP contribution in [0.15, 0.2) is 0 Å². The second kappa shape index (κ2) is 4.34. The van der Waals surface area contributed by atoms with Gasteiger partial charge in [0.05, 0.1) is 22.7 Å². The van der Waals surface area contributed by atoms with Crippen LogP contribution in [0.4, 0.5) is 0 Å². The normalized spacial score (nSPS) is 69.1. The van der Waals surface area contributed by atoms with Gasteiger partial charge in [0.15, 0.2) is 5.79 Å². The Kier molecular flexibility index (Phi) is 2.98. The minimum absolute atomic E-state index is 0.0219. The van der Waals surface area contributed by atoms with Gasteiger partial charge in [-0.2, -0.15) is 0 Å². The van der Waals surface area contributed by atoms with E-state index in [4.69, 9.17) is 4.74 Å². The molecule has 0 aromatic rings. The molecule has 1 aliphatic heterocycles. The summed E-state index contributed by atoms with van der Waals surface area (Å²) in [5, 5.41) is 56.5. The fourth-order valence-corrected chi connectivity index (χ4v) is 8.63. The van der Waals surface area contributed by atoms with Gasteiger partial charge in [-0.3, -0.25) is 0 Å². The lowest BCUT2D eigenvalue weighted by molar-refractivity contribution is -0.305. The second-order valence-electron chi connectivity index (χ2n) is 10.8. The highest BCUT2D eigenvalue weighted by atomic mass is 16.7. The average molecular weight is 368 g/mol. The summed E-state index contributed by atoms with van der Waals surface area (Å²) >= 11 is 0. The summed E-state index contributed by atoms with van der Waals surface area (Å²) in [4.78, 5) is 0. The van der Waals surface area contributed by atoms with E-state index < -0.39 is 45.4 Å². The first kappa shape index (κ1) is 17.8. The van der Waals surface area contributed by atoms with Crippen LogP contribution in [0.25, 0.3) is 0 Å². The van der Waals surface area contributed by atoms with Gasteiger partial charge in [0.2, 0.25) is 0 Å². The minimum atomic E-state index is -1.57. The number of fused-ring (bicyclic) bond motifs is 3. The summed E-state index contributed by atoms with van der Waals surface area (Å²) in [5.74, 6) is -2.66. The van der Waals surface area contributed by atoms with Crippen LogP contribution in [0.1, 0.15) is 53.4 Å². The molecule has 5 aliphatic rings. The minimum Gasteiger partial charge on any atom is -0.396 e. The molecule has 6 nitrogen and oxygen atoms in total. The van der Waals surface area contributed by atoms with Crippen molar-refractivity contribution < 1.29 is 30.3 Å². The summed E-state index contributed by atoms with van der Waals surface area (Å²) in [6.45, 7) is 7.48. The number of aliphatic hydroxyl groups is 5. The molecule has 0 spiro atoms. The van der Waals surface area contributed by atoms with Crippen LogP contribution >= 0.6 is 0 Å². The van der Waals surface area contributed by atoms with Crippen molar-refractivity contribution in [3.8, 4) is 0 Å². The van der Waals surface area contributed by atoms with Crippen LogP contribution < -0.4 is 0 Å². The molecule has 0 aromatic carbocycles. The Balaban J connectivity index is 1.78. The molecule has 148 valence electrons. The lowest BCUT2D eigenvalue weighted by Gasteiger charge is -2.65. The van der Waals surface area contributed by atoms with Gasteiger partial charge in [0.1, 0.15) is 5.60 Å². The average Bonchev–Trinajstić information content (AvgIpc) is 2.93. The smallest absolute Gasteiger partial charge is 0.175 e. The Hall–Kier alpha value is -0.240. The molecule has 1 saturated heterocycles. The van der Waals surface area contributed by atoms with E-state index in [2.05, 4.69) is 0 Å². The summed E-state index contributed by atoms with van der Waals surface area (Å²) in [6.07, 6.45) is 0.984. The molecule has 5 N–H and O–H groups in total. The van der Waals surface area contributed by atoms with Gasteiger partial charge in [0, 0.05) is 24.4 Å². The Bertz CT molecular complexity index is 681. The zero-order chi connectivity index (χ0) is 19.1. The topological polar surface area (TPSA) is 110 Å². The lowest BCUT2D eigenvalue weighted by atomic mass is 9.41. The largest absolute Gasteiger partial charge is 0.396 e. The van der Waals surface area contributed by atoms with E-state index in [0.29, 0.717) is 19.3 Å². The third-order valence-electron chi connectivity index (χ3n) is 10.0. The third kappa shape index (κ3) is 1.37. The van der Waals surface area contributed by atoms with Crippen molar-refractivity contribution in [1.82, 2.24) is 0 Å². The van der Waals surface area contributed by atoms with Gasteiger partial charge >= 0.3 is 0 Å². The monoisotopic (exact) mass is 368 g/mol. The molecular formula is C20H32O6. The number of hydrogen-bond donors (Lipinski definition) is 5. The van der Waals surface area contributed by atoms with Crippen LogP contribution in [-0.4, -0.2) is 60.8 Å². The van der Waals surface area contributed by atoms with Gasteiger partial charge in [-0.15, -0.1) is 0 Å². The highest BCUT2D eigenvalue weighted by Gasteiger charge is 2.92. The third-order valence-corrected chi connectivity index (χ3v) is 10.0. The van der Waals surface area contributed by atoms with E-state index in [0.717, 1.165) is 0 Å². The number of hydrogen-bond acceptors (Lipinski definition) is 6. The summed E-state index contributed by atoms with van der Waals surface area (Å²) in [5.41, 5.74) is -5.34. The lowest BCUT2D eigenvalue weighted by Crippen LogP contribution is -2.76. The van der Waals surface area contributed by atoms with Crippen molar-refractivity contribution in [2.75, 3.05) is 6.61 Å². The van der Waals surface area contributed by atoms with Gasteiger partial charge in [-0.05, 0) is 43.9 Å². The Morgan fingerprint density at radius 3 is 2.35 bits per heavy atom. The van der Waals surface area contributed by atoms with Crippen LogP contribution in [0.5, 0.6) is 0 Å². The molecule has 0 aromatic heterocycles. The maximum atomic E-state index is 12.1. The molecule has 2 unspecified atom stereocenters. The van der Waals surface area contributed by atoms with Crippen molar-refractivity contribution >= 4 is 0 Å². The molecule has 26 heavy (non-hydrogen) atoms. The van der Waals surface area contributed by atoms with Crippen LogP contribution in [0.2, 0.25) is 0 Å². The van der Waals surface area contributed by atoms with Crippen LogP contribution in [0.3, 0.4) is 0 Å². The molecule has 11 atom stereocenters. The first-order chi connectivity index (χ1) is 11.8. The molecule has 0 amide bonds. The predicted molar refractivity (Wildman–Crippen MR) is 91.7 cm³/mol. The Morgan fingerprint density at radius 1 is 1.08 bits per heavy atom. The predicted octanol–water partition coefficient (Wildman–Crippen LogP) is 0.391. The van der Waals surface area contributed by atoms with Gasteiger partial charge in [-0.1, -0.05) is 20.8 Å². The Morgan fingerprint density at radius 2 is 1.73 bits per heavy atom. The fraction of sp³-hybridized carbons (Fsp3) is 1.00. The molecule has 6 heteroatoms. The van der Waals surface area contributed by atoms with Crippen LogP contribution in [-0.2, 0) is 4.74 Å². The molecule has 0 radical (unpaired) electrons. The molecule has 5 bridgehead atoms. The van der Waals surface area contributed by atoms with E-state index in [-0.39, 0.29) is 30.8 Å². The number of rotatable bonds is 2. The zero-order valence-corrected chi connectivity index (χ0v) is 16.1. The van der Waals surface area contributed by atoms with Gasteiger partial charge < -0.3 is 30.3 Å². The van der Waals surface area contributed by atoms with Crippen molar-refractivity contribution in [2.45, 2.75) is 82.1 Å². The van der Waals surface area contributed by atoms with Crippen molar-refractivity contribution in [3.05, 3.63) is 0 Å². The molecular weight excluding hydrogens is 336 g/mol. The van der Waals surface area contributed by atoms with Gasteiger partial charge in [0.25, 0.3) is 0 Å². The van der Waals surface area contributed by atoms with Crippen molar-refractivity contribution in [3.63, 3.8) is 0 Å². The maximum Gasteiger partial charge on any atom is 0.175 e. The SMILES string of the molecule is CC(CO)[C@@H]1C[C@@H]2[C@@]3(O)[C@@H]4OC(O)(C[C@@]2(C)[C@@]2(O)CC[C@](C)(O)[C@@H]42)[C@@]13C. The molecule has 5 fully saturated rings. The summed E-state index contributed by atoms with van der Waals surface area (Å²) < 4.78 is 6.21.